The number of aryl methyl sites for hydroxylation is 2. The van der Waals surface area contributed by atoms with Crippen molar-refractivity contribution in [1.29, 1.82) is 0 Å². The Balaban J connectivity index is 2.87. The fourth-order valence-corrected chi connectivity index (χ4v) is 2.49. The number of nitrogens with zero attached hydrogens (tertiary/aromatic N) is 3. The summed E-state index contributed by atoms with van der Waals surface area (Å²) in [5.74, 6) is 1.88. The van der Waals surface area contributed by atoms with Gasteiger partial charge in [-0.15, -0.1) is 0 Å². The lowest BCUT2D eigenvalue weighted by atomic mass is 10.1. The zero-order chi connectivity index (χ0) is 15.1. The molecule has 0 bridgehead atoms. The van der Waals surface area contributed by atoms with E-state index in [0.29, 0.717) is 5.92 Å². The molecule has 0 aliphatic heterocycles. The van der Waals surface area contributed by atoms with Crippen LogP contribution >= 0.6 is 0 Å². The number of nitrogens with one attached hydrogen (secondary N) is 1. The van der Waals surface area contributed by atoms with Crippen molar-refractivity contribution in [1.82, 2.24) is 15.1 Å². The molecule has 0 spiro atoms. The molecule has 116 valence electrons. The van der Waals surface area contributed by atoms with Gasteiger partial charge >= 0.3 is 0 Å². The topological polar surface area (TPSA) is 42.3 Å². The predicted molar refractivity (Wildman–Crippen MR) is 84.3 cm³/mol. The predicted octanol–water partition coefficient (Wildman–Crippen LogP) is 1.95. The van der Waals surface area contributed by atoms with Gasteiger partial charge in [0.05, 0.1) is 12.3 Å². The molecule has 0 atom stereocenters. The van der Waals surface area contributed by atoms with Crippen LogP contribution in [0.25, 0.3) is 0 Å². The number of anilines is 1. The zero-order valence-electron chi connectivity index (χ0n) is 13.9. The summed E-state index contributed by atoms with van der Waals surface area (Å²) in [6.45, 7) is 13.3. The summed E-state index contributed by atoms with van der Waals surface area (Å²) in [5, 5.41) is 8.01. The number of aromatic nitrogens is 2. The highest BCUT2D eigenvalue weighted by Gasteiger charge is 2.18. The van der Waals surface area contributed by atoms with Crippen LogP contribution in [0.4, 0.5) is 5.82 Å². The Morgan fingerprint density at radius 1 is 1.40 bits per heavy atom. The summed E-state index contributed by atoms with van der Waals surface area (Å²) in [7, 11) is 3.76. The summed E-state index contributed by atoms with van der Waals surface area (Å²) >= 11 is 0. The lowest BCUT2D eigenvalue weighted by Crippen LogP contribution is -2.30. The van der Waals surface area contributed by atoms with Crippen molar-refractivity contribution < 1.29 is 4.74 Å². The molecule has 0 aliphatic carbocycles. The van der Waals surface area contributed by atoms with E-state index >= 15 is 0 Å². The van der Waals surface area contributed by atoms with Crippen molar-refractivity contribution in [2.24, 2.45) is 13.0 Å². The monoisotopic (exact) mass is 282 g/mol. The minimum absolute atomic E-state index is 0.638. The Bertz CT molecular complexity index is 401. The first-order valence-corrected chi connectivity index (χ1v) is 7.48. The van der Waals surface area contributed by atoms with E-state index in [4.69, 9.17) is 4.74 Å². The Hall–Kier alpha value is -1.07. The number of hydrogen-bond donors (Lipinski definition) is 1. The Morgan fingerprint density at radius 3 is 2.65 bits per heavy atom. The van der Waals surface area contributed by atoms with Crippen LogP contribution in [-0.4, -0.2) is 43.1 Å². The first-order chi connectivity index (χ1) is 9.51. The number of rotatable bonds is 9. The average molecular weight is 282 g/mol. The molecule has 0 fully saturated rings. The molecular formula is C15H30N4O. The molecule has 0 saturated heterocycles. The minimum atomic E-state index is 0.638. The molecule has 0 aromatic carbocycles. The lowest BCUT2D eigenvalue weighted by Gasteiger charge is -2.26. The maximum absolute atomic E-state index is 5.07. The standard InChI is InChI=1S/C15H30N4O/c1-7-19(11-12(2)3)15-14(10-16-8-9-20-6)13(4)17-18(15)5/h12,16H,7-11H2,1-6H3. The average Bonchev–Trinajstić information content (AvgIpc) is 2.66. The molecule has 0 radical (unpaired) electrons. The molecule has 1 rings (SSSR count). The van der Waals surface area contributed by atoms with E-state index in [-0.39, 0.29) is 0 Å². The van der Waals surface area contributed by atoms with Gasteiger partial charge in [0.25, 0.3) is 0 Å². The van der Waals surface area contributed by atoms with E-state index in [0.717, 1.165) is 38.5 Å². The van der Waals surface area contributed by atoms with E-state index in [9.17, 15) is 0 Å². The van der Waals surface area contributed by atoms with E-state index < -0.39 is 0 Å². The highest BCUT2D eigenvalue weighted by atomic mass is 16.5. The normalized spacial score (nSPS) is 11.3. The van der Waals surface area contributed by atoms with Gasteiger partial charge in [-0.2, -0.15) is 5.10 Å². The largest absolute Gasteiger partial charge is 0.383 e. The van der Waals surface area contributed by atoms with E-state index in [1.165, 1.54) is 11.4 Å². The molecule has 1 heterocycles. The summed E-state index contributed by atoms with van der Waals surface area (Å²) in [6, 6.07) is 0. The van der Waals surface area contributed by atoms with Crippen LogP contribution in [0.2, 0.25) is 0 Å². The molecule has 0 unspecified atom stereocenters. The number of ether oxygens (including phenoxy) is 1. The summed E-state index contributed by atoms with van der Waals surface area (Å²) in [5.41, 5.74) is 2.40. The second-order valence-corrected chi connectivity index (χ2v) is 5.61. The van der Waals surface area contributed by atoms with Gasteiger partial charge < -0.3 is 15.0 Å². The van der Waals surface area contributed by atoms with E-state index in [1.807, 2.05) is 11.7 Å². The van der Waals surface area contributed by atoms with Crippen LogP contribution in [0.1, 0.15) is 32.0 Å². The van der Waals surface area contributed by atoms with Gasteiger partial charge in [-0.1, -0.05) is 13.8 Å². The smallest absolute Gasteiger partial charge is 0.131 e. The molecule has 1 aromatic rings. The van der Waals surface area contributed by atoms with Gasteiger partial charge in [-0.25, -0.2) is 0 Å². The van der Waals surface area contributed by atoms with Crippen LogP contribution < -0.4 is 10.2 Å². The maximum atomic E-state index is 5.07. The second-order valence-electron chi connectivity index (χ2n) is 5.61. The Kier molecular flexibility index (Phi) is 7.02. The highest BCUT2D eigenvalue weighted by molar-refractivity contribution is 5.50. The molecule has 5 heteroatoms. The SMILES string of the molecule is CCN(CC(C)C)c1c(CNCCOC)c(C)nn1C. The lowest BCUT2D eigenvalue weighted by molar-refractivity contribution is 0.199. The Morgan fingerprint density at radius 2 is 2.10 bits per heavy atom. The molecule has 0 amide bonds. The third-order valence-electron chi connectivity index (χ3n) is 3.36. The van der Waals surface area contributed by atoms with Crippen LogP contribution in [0.3, 0.4) is 0 Å². The molecule has 1 N–H and O–H groups in total. The van der Waals surface area contributed by atoms with E-state index in [1.54, 1.807) is 7.11 Å². The van der Waals surface area contributed by atoms with Gasteiger partial charge in [-0.3, -0.25) is 4.68 Å². The minimum Gasteiger partial charge on any atom is -0.383 e. The molecule has 0 aliphatic rings. The van der Waals surface area contributed by atoms with Crippen molar-refractivity contribution in [2.45, 2.75) is 34.2 Å². The number of hydrogen-bond acceptors (Lipinski definition) is 4. The zero-order valence-corrected chi connectivity index (χ0v) is 13.9. The fraction of sp³-hybridized carbons (Fsp3) is 0.800. The summed E-state index contributed by atoms with van der Waals surface area (Å²) in [4.78, 5) is 2.41. The third kappa shape index (κ3) is 4.49. The van der Waals surface area contributed by atoms with Gasteiger partial charge in [0, 0.05) is 45.9 Å². The van der Waals surface area contributed by atoms with Crippen molar-refractivity contribution >= 4 is 5.82 Å². The van der Waals surface area contributed by atoms with Crippen molar-refractivity contribution in [3.63, 3.8) is 0 Å². The molecule has 1 aromatic heterocycles. The maximum Gasteiger partial charge on any atom is 0.131 e. The van der Waals surface area contributed by atoms with Gasteiger partial charge in [0.2, 0.25) is 0 Å². The van der Waals surface area contributed by atoms with Crippen LogP contribution in [0.15, 0.2) is 0 Å². The fourth-order valence-electron chi connectivity index (χ4n) is 2.49. The van der Waals surface area contributed by atoms with Gasteiger partial charge in [-0.05, 0) is 19.8 Å². The van der Waals surface area contributed by atoms with Crippen molar-refractivity contribution in [3.8, 4) is 0 Å². The first-order valence-electron chi connectivity index (χ1n) is 7.48. The molecule has 0 saturated carbocycles. The second kappa shape index (κ2) is 8.27. The molecular weight excluding hydrogens is 252 g/mol. The van der Waals surface area contributed by atoms with Crippen LogP contribution in [0.5, 0.6) is 0 Å². The highest BCUT2D eigenvalue weighted by Crippen LogP contribution is 2.23. The molecule has 20 heavy (non-hydrogen) atoms. The van der Waals surface area contributed by atoms with Gasteiger partial charge in [0.1, 0.15) is 5.82 Å². The van der Waals surface area contributed by atoms with Crippen LogP contribution in [-0.2, 0) is 18.3 Å². The quantitative estimate of drug-likeness (QED) is 0.703. The van der Waals surface area contributed by atoms with E-state index in [2.05, 4.69) is 43.0 Å². The van der Waals surface area contributed by atoms with Gasteiger partial charge in [0.15, 0.2) is 0 Å². The Labute approximate surface area is 123 Å². The van der Waals surface area contributed by atoms with Crippen molar-refractivity contribution in [3.05, 3.63) is 11.3 Å². The van der Waals surface area contributed by atoms with Crippen LogP contribution in [0, 0.1) is 12.8 Å². The third-order valence-corrected chi connectivity index (χ3v) is 3.36. The number of methoxy groups -OCH3 is 1. The first kappa shape index (κ1) is 17.0. The summed E-state index contributed by atoms with van der Waals surface area (Å²) < 4.78 is 7.08. The molecule has 5 nitrogen and oxygen atoms in total. The van der Waals surface area contributed by atoms with Crippen molar-refractivity contribution in [2.75, 3.05) is 38.3 Å². The summed E-state index contributed by atoms with van der Waals surface area (Å²) in [6.07, 6.45) is 0.